The Hall–Kier alpha value is -0.840. The van der Waals surface area contributed by atoms with Crippen LogP contribution in [-0.4, -0.2) is 28.2 Å². The summed E-state index contributed by atoms with van der Waals surface area (Å²) in [6.07, 6.45) is 6.31. The molecule has 5 heteroatoms. The summed E-state index contributed by atoms with van der Waals surface area (Å²) in [5, 5.41) is 5.22. The number of nitrogens with zero attached hydrogens (tertiary/aromatic N) is 3. The Morgan fingerprint density at radius 3 is 2.71 bits per heavy atom. The number of anilines is 1. The van der Waals surface area contributed by atoms with Crippen LogP contribution in [0.4, 0.5) is 5.69 Å². The zero-order chi connectivity index (χ0) is 12.1. The van der Waals surface area contributed by atoms with Crippen molar-refractivity contribution in [2.24, 2.45) is 0 Å². The Morgan fingerprint density at radius 1 is 1.29 bits per heavy atom. The minimum Gasteiger partial charge on any atom is -0.370 e. The lowest BCUT2D eigenvalue weighted by Gasteiger charge is -2.16. The van der Waals surface area contributed by atoms with Gasteiger partial charge in [-0.05, 0) is 25.7 Å². The molecule has 0 unspecified atom stereocenters. The van der Waals surface area contributed by atoms with E-state index >= 15 is 0 Å². The highest BCUT2D eigenvalue weighted by atomic mass is 79.9. The van der Waals surface area contributed by atoms with Gasteiger partial charge in [0.05, 0.1) is 11.9 Å². The van der Waals surface area contributed by atoms with Crippen molar-refractivity contribution in [2.45, 2.75) is 32.2 Å². The molecule has 0 amide bonds. The third-order valence-corrected chi connectivity index (χ3v) is 3.64. The first-order chi connectivity index (χ1) is 8.31. The minimum absolute atomic E-state index is 0.0176. The topological polar surface area (TPSA) is 38.1 Å². The van der Waals surface area contributed by atoms with Crippen molar-refractivity contribution in [3.05, 3.63) is 22.6 Å². The third kappa shape index (κ3) is 3.31. The van der Waals surface area contributed by atoms with E-state index in [9.17, 15) is 4.79 Å². The summed E-state index contributed by atoms with van der Waals surface area (Å²) in [6, 6.07) is 1.71. The van der Waals surface area contributed by atoms with Crippen molar-refractivity contribution in [3.63, 3.8) is 0 Å². The largest absolute Gasteiger partial charge is 0.370 e. The van der Waals surface area contributed by atoms with Crippen molar-refractivity contribution >= 4 is 21.6 Å². The molecule has 17 heavy (non-hydrogen) atoms. The second kappa shape index (κ2) is 6.19. The van der Waals surface area contributed by atoms with Crippen LogP contribution in [0.5, 0.6) is 0 Å². The van der Waals surface area contributed by atoms with Crippen LogP contribution in [0.25, 0.3) is 0 Å². The molecule has 2 rings (SSSR count). The molecule has 0 N–H and O–H groups in total. The van der Waals surface area contributed by atoms with Gasteiger partial charge in [0.15, 0.2) is 0 Å². The first kappa shape index (κ1) is 12.6. The molecule has 0 bridgehead atoms. The molecular formula is C12H18BrN3O. The Kier molecular flexibility index (Phi) is 4.59. The summed E-state index contributed by atoms with van der Waals surface area (Å²) in [4.78, 5) is 14.1. The van der Waals surface area contributed by atoms with Gasteiger partial charge in [-0.3, -0.25) is 4.79 Å². The number of rotatable bonds is 5. The summed E-state index contributed by atoms with van der Waals surface area (Å²) in [5.74, 6) is 0. The molecule has 94 valence electrons. The van der Waals surface area contributed by atoms with Crippen molar-refractivity contribution in [1.82, 2.24) is 9.78 Å². The number of aryl methyl sites for hydroxylation is 1. The molecule has 1 aliphatic heterocycles. The summed E-state index contributed by atoms with van der Waals surface area (Å²) < 4.78 is 1.56. The standard InChI is InChI=1S/C12H18BrN3O/c13-5-1-2-8-16-12(17)9-11(10-14-16)15-6-3-4-7-15/h9-10H,1-8H2. The molecular weight excluding hydrogens is 282 g/mol. The molecule has 1 aliphatic rings. The fraction of sp³-hybridized carbons (Fsp3) is 0.667. The van der Waals surface area contributed by atoms with E-state index in [-0.39, 0.29) is 5.56 Å². The summed E-state index contributed by atoms with van der Waals surface area (Å²) in [7, 11) is 0. The fourth-order valence-corrected chi connectivity index (χ4v) is 2.49. The zero-order valence-corrected chi connectivity index (χ0v) is 11.5. The maximum Gasteiger partial charge on any atom is 0.268 e. The molecule has 1 aromatic rings. The fourth-order valence-electron chi connectivity index (χ4n) is 2.10. The Labute approximate surface area is 110 Å². The molecule has 1 fully saturated rings. The predicted octanol–water partition coefficient (Wildman–Crippen LogP) is 2.02. The lowest BCUT2D eigenvalue weighted by molar-refractivity contribution is 0.544. The maximum atomic E-state index is 11.9. The van der Waals surface area contributed by atoms with Gasteiger partial charge in [0.1, 0.15) is 0 Å². The minimum atomic E-state index is 0.0176. The summed E-state index contributed by atoms with van der Waals surface area (Å²) in [5.41, 5.74) is 0.994. The van der Waals surface area contributed by atoms with Crippen LogP contribution in [0.15, 0.2) is 17.1 Å². The molecule has 0 aliphatic carbocycles. The smallest absolute Gasteiger partial charge is 0.268 e. The maximum absolute atomic E-state index is 11.9. The van der Waals surface area contributed by atoms with Gasteiger partial charge in [-0.2, -0.15) is 5.10 Å². The first-order valence-corrected chi connectivity index (χ1v) is 7.31. The second-order valence-corrected chi connectivity index (χ2v) is 5.16. The van der Waals surface area contributed by atoms with Crippen LogP contribution in [0.3, 0.4) is 0 Å². The molecule has 2 heterocycles. The van der Waals surface area contributed by atoms with E-state index < -0.39 is 0 Å². The van der Waals surface area contributed by atoms with Gasteiger partial charge in [-0.15, -0.1) is 0 Å². The molecule has 1 aromatic heterocycles. The van der Waals surface area contributed by atoms with Gasteiger partial charge in [0, 0.05) is 31.0 Å². The van der Waals surface area contributed by atoms with Crippen molar-refractivity contribution in [2.75, 3.05) is 23.3 Å². The monoisotopic (exact) mass is 299 g/mol. The van der Waals surface area contributed by atoms with Gasteiger partial charge in [-0.1, -0.05) is 15.9 Å². The van der Waals surface area contributed by atoms with Crippen LogP contribution in [0.2, 0.25) is 0 Å². The van der Waals surface area contributed by atoms with E-state index in [0.717, 1.165) is 36.9 Å². The normalized spacial score (nSPS) is 15.5. The lowest BCUT2D eigenvalue weighted by Crippen LogP contribution is -2.26. The SMILES string of the molecule is O=c1cc(N2CCCC2)cnn1CCCCBr. The van der Waals surface area contributed by atoms with Gasteiger partial charge in [-0.25, -0.2) is 4.68 Å². The highest BCUT2D eigenvalue weighted by Gasteiger charge is 2.13. The molecule has 0 radical (unpaired) electrons. The van der Waals surface area contributed by atoms with E-state index in [1.807, 2.05) is 6.20 Å². The molecule has 4 nitrogen and oxygen atoms in total. The van der Waals surface area contributed by atoms with E-state index in [1.165, 1.54) is 12.8 Å². The molecule has 1 saturated heterocycles. The molecule has 0 atom stereocenters. The second-order valence-electron chi connectivity index (χ2n) is 4.37. The van der Waals surface area contributed by atoms with Crippen LogP contribution in [-0.2, 0) is 6.54 Å². The van der Waals surface area contributed by atoms with Crippen LogP contribution in [0.1, 0.15) is 25.7 Å². The summed E-state index contributed by atoms with van der Waals surface area (Å²) in [6.45, 7) is 2.81. The first-order valence-electron chi connectivity index (χ1n) is 6.19. The quantitative estimate of drug-likeness (QED) is 0.617. The number of alkyl halides is 1. The lowest BCUT2D eigenvalue weighted by atomic mass is 10.3. The number of unbranched alkanes of at least 4 members (excludes halogenated alkanes) is 1. The predicted molar refractivity (Wildman–Crippen MR) is 73.0 cm³/mol. The zero-order valence-electron chi connectivity index (χ0n) is 9.94. The molecule has 0 aromatic carbocycles. The highest BCUT2D eigenvalue weighted by Crippen LogP contribution is 2.16. The average molecular weight is 300 g/mol. The Bertz CT molecular complexity index is 412. The van der Waals surface area contributed by atoms with Gasteiger partial charge in [0.25, 0.3) is 5.56 Å². The average Bonchev–Trinajstić information content (AvgIpc) is 2.85. The van der Waals surface area contributed by atoms with Crippen LogP contribution < -0.4 is 10.5 Å². The van der Waals surface area contributed by atoms with E-state index in [0.29, 0.717) is 6.54 Å². The number of hydrogen-bond donors (Lipinski definition) is 0. The molecule has 0 spiro atoms. The van der Waals surface area contributed by atoms with Gasteiger partial charge in [0.2, 0.25) is 0 Å². The summed E-state index contributed by atoms with van der Waals surface area (Å²) >= 11 is 3.38. The van der Waals surface area contributed by atoms with Crippen LogP contribution in [0, 0.1) is 0 Å². The van der Waals surface area contributed by atoms with Gasteiger partial charge < -0.3 is 4.90 Å². The number of aromatic nitrogens is 2. The van der Waals surface area contributed by atoms with Gasteiger partial charge >= 0.3 is 0 Å². The van der Waals surface area contributed by atoms with Crippen molar-refractivity contribution in [3.8, 4) is 0 Å². The Balaban J connectivity index is 2.03. The molecule has 0 saturated carbocycles. The number of hydrogen-bond acceptors (Lipinski definition) is 3. The third-order valence-electron chi connectivity index (χ3n) is 3.08. The van der Waals surface area contributed by atoms with E-state index in [4.69, 9.17) is 0 Å². The van der Waals surface area contributed by atoms with Crippen LogP contribution >= 0.6 is 15.9 Å². The van der Waals surface area contributed by atoms with E-state index in [2.05, 4.69) is 25.9 Å². The Morgan fingerprint density at radius 2 is 2.06 bits per heavy atom. The highest BCUT2D eigenvalue weighted by molar-refractivity contribution is 9.09. The van der Waals surface area contributed by atoms with Crippen molar-refractivity contribution in [1.29, 1.82) is 0 Å². The van der Waals surface area contributed by atoms with Crippen molar-refractivity contribution < 1.29 is 0 Å². The number of halogens is 1. The van der Waals surface area contributed by atoms with E-state index in [1.54, 1.807) is 10.7 Å².